The normalized spacial score (nSPS) is 18.2. The molecule has 0 aliphatic carbocycles. The number of aromatic carboxylic acids is 1. The summed E-state index contributed by atoms with van der Waals surface area (Å²) in [6.45, 7) is 1.19. The van der Waals surface area contributed by atoms with E-state index < -0.39 is 5.97 Å². The van der Waals surface area contributed by atoms with Gasteiger partial charge in [-0.1, -0.05) is 0 Å². The van der Waals surface area contributed by atoms with E-state index in [9.17, 15) is 9.59 Å². The number of nitrogens with zero attached hydrogens (tertiary/aromatic N) is 1. The molecule has 21 heavy (non-hydrogen) atoms. The number of ether oxygens (including phenoxy) is 1. The van der Waals surface area contributed by atoms with Crippen LogP contribution >= 0.6 is 0 Å². The summed E-state index contributed by atoms with van der Waals surface area (Å²) in [5.74, 6) is -0.873. The zero-order chi connectivity index (χ0) is 15.4. The monoisotopic (exact) mass is 293 g/mol. The van der Waals surface area contributed by atoms with Gasteiger partial charge in [-0.3, -0.25) is 0 Å². The standard InChI is InChI=1S/C14H19N3O4/c1-21-12-7-10(4-5-11(12)13(18)19)16-14(20)17-6-2-3-9(15)8-17/h4-5,7,9H,2-3,6,8,15H2,1H3,(H,16,20)(H,18,19). The molecule has 0 saturated carbocycles. The highest BCUT2D eigenvalue weighted by Crippen LogP contribution is 2.23. The van der Waals surface area contributed by atoms with Gasteiger partial charge in [0.1, 0.15) is 11.3 Å². The number of carboxylic acid groups (broad SMARTS) is 1. The summed E-state index contributed by atoms with van der Waals surface area (Å²) in [6.07, 6.45) is 1.81. The number of nitrogens with two attached hydrogens (primary N) is 1. The van der Waals surface area contributed by atoms with Crippen LogP contribution < -0.4 is 15.8 Å². The number of nitrogens with one attached hydrogen (secondary N) is 1. The summed E-state index contributed by atoms with van der Waals surface area (Å²) in [6, 6.07) is 4.20. The number of hydrogen-bond donors (Lipinski definition) is 3. The largest absolute Gasteiger partial charge is 0.496 e. The average molecular weight is 293 g/mol. The molecule has 7 heteroatoms. The third kappa shape index (κ3) is 3.63. The van der Waals surface area contributed by atoms with E-state index in [1.807, 2.05) is 0 Å². The maximum atomic E-state index is 12.1. The molecule has 1 aliphatic rings. The second kappa shape index (κ2) is 6.45. The van der Waals surface area contributed by atoms with Crippen LogP contribution in [0.4, 0.5) is 10.5 Å². The lowest BCUT2D eigenvalue weighted by molar-refractivity contribution is 0.0693. The minimum atomic E-state index is -1.08. The lowest BCUT2D eigenvalue weighted by atomic mass is 10.1. The highest BCUT2D eigenvalue weighted by atomic mass is 16.5. The van der Waals surface area contributed by atoms with Crippen molar-refractivity contribution in [3.8, 4) is 5.75 Å². The van der Waals surface area contributed by atoms with Gasteiger partial charge in [0.2, 0.25) is 0 Å². The Morgan fingerprint density at radius 2 is 2.24 bits per heavy atom. The van der Waals surface area contributed by atoms with Crippen LogP contribution in [0.5, 0.6) is 5.75 Å². The van der Waals surface area contributed by atoms with Crippen LogP contribution in [-0.2, 0) is 0 Å². The topological polar surface area (TPSA) is 105 Å². The quantitative estimate of drug-likeness (QED) is 0.780. The Balaban J connectivity index is 2.08. The van der Waals surface area contributed by atoms with Crippen LogP contribution in [-0.4, -0.2) is 48.2 Å². The lowest BCUT2D eigenvalue weighted by Gasteiger charge is -2.30. The fraction of sp³-hybridized carbons (Fsp3) is 0.429. The van der Waals surface area contributed by atoms with E-state index >= 15 is 0 Å². The molecule has 2 amide bonds. The molecular formula is C14H19N3O4. The summed E-state index contributed by atoms with van der Waals surface area (Å²) < 4.78 is 5.03. The van der Waals surface area contributed by atoms with E-state index in [0.29, 0.717) is 18.8 Å². The van der Waals surface area contributed by atoms with Gasteiger partial charge < -0.3 is 25.8 Å². The summed E-state index contributed by atoms with van der Waals surface area (Å²) >= 11 is 0. The van der Waals surface area contributed by atoms with E-state index in [0.717, 1.165) is 12.8 Å². The van der Waals surface area contributed by atoms with Gasteiger partial charge in [-0.25, -0.2) is 9.59 Å². The van der Waals surface area contributed by atoms with Gasteiger partial charge in [0, 0.05) is 30.9 Å². The van der Waals surface area contributed by atoms with Gasteiger partial charge in [-0.2, -0.15) is 0 Å². The molecule has 1 aliphatic heterocycles. The molecule has 114 valence electrons. The summed E-state index contributed by atoms with van der Waals surface area (Å²) in [5, 5.41) is 11.7. The van der Waals surface area contributed by atoms with Crippen molar-refractivity contribution >= 4 is 17.7 Å². The molecule has 0 spiro atoms. The number of rotatable bonds is 3. The maximum absolute atomic E-state index is 12.1. The van der Waals surface area contributed by atoms with Crippen molar-refractivity contribution in [1.29, 1.82) is 0 Å². The zero-order valence-corrected chi connectivity index (χ0v) is 11.8. The van der Waals surface area contributed by atoms with Crippen LogP contribution in [0.1, 0.15) is 23.2 Å². The molecule has 0 bridgehead atoms. The number of benzene rings is 1. The number of carbonyl (C=O) groups excluding carboxylic acids is 1. The van der Waals surface area contributed by atoms with Crippen molar-refractivity contribution in [2.24, 2.45) is 5.73 Å². The Bertz CT molecular complexity index is 547. The second-order valence-electron chi connectivity index (χ2n) is 5.00. The first-order valence-corrected chi connectivity index (χ1v) is 6.74. The first kappa shape index (κ1) is 15.1. The molecule has 1 aromatic carbocycles. The molecule has 0 aromatic heterocycles. The van der Waals surface area contributed by atoms with Crippen molar-refractivity contribution in [2.45, 2.75) is 18.9 Å². The van der Waals surface area contributed by atoms with Gasteiger partial charge in [0.25, 0.3) is 0 Å². The molecular weight excluding hydrogens is 274 g/mol. The second-order valence-corrected chi connectivity index (χ2v) is 5.00. The van der Waals surface area contributed by atoms with E-state index in [-0.39, 0.29) is 23.4 Å². The van der Waals surface area contributed by atoms with E-state index in [1.165, 1.54) is 25.3 Å². The highest BCUT2D eigenvalue weighted by Gasteiger charge is 2.21. The number of hydrogen-bond acceptors (Lipinski definition) is 4. The van der Waals surface area contributed by atoms with Crippen molar-refractivity contribution in [2.75, 3.05) is 25.5 Å². The molecule has 1 atom stereocenters. The van der Waals surface area contributed by atoms with Gasteiger partial charge in [-0.15, -0.1) is 0 Å². The molecule has 2 rings (SSSR count). The van der Waals surface area contributed by atoms with Crippen molar-refractivity contribution < 1.29 is 19.4 Å². The first-order valence-electron chi connectivity index (χ1n) is 6.74. The molecule has 1 fully saturated rings. The van der Waals surface area contributed by atoms with Crippen molar-refractivity contribution in [1.82, 2.24) is 4.90 Å². The Labute approximate surface area is 122 Å². The Kier molecular flexibility index (Phi) is 4.64. The van der Waals surface area contributed by atoms with Gasteiger partial charge in [-0.05, 0) is 25.0 Å². The first-order chi connectivity index (χ1) is 10.0. The molecule has 1 saturated heterocycles. The summed E-state index contributed by atoms with van der Waals surface area (Å²) in [5.41, 5.74) is 6.39. The molecule has 1 heterocycles. The predicted molar refractivity (Wildman–Crippen MR) is 77.8 cm³/mol. The number of carboxylic acids is 1. The number of methoxy groups -OCH3 is 1. The Morgan fingerprint density at radius 3 is 2.86 bits per heavy atom. The van der Waals surface area contributed by atoms with Crippen molar-refractivity contribution in [3.63, 3.8) is 0 Å². The van der Waals surface area contributed by atoms with Gasteiger partial charge in [0.05, 0.1) is 7.11 Å². The number of amides is 2. The van der Waals surface area contributed by atoms with E-state index in [1.54, 1.807) is 4.90 Å². The number of piperidine rings is 1. The number of anilines is 1. The average Bonchev–Trinajstić information content (AvgIpc) is 2.46. The molecule has 1 aromatic rings. The molecule has 0 radical (unpaired) electrons. The zero-order valence-electron chi connectivity index (χ0n) is 11.8. The smallest absolute Gasteiger partial charge is 0.339 e. The van der Waals surface area contributed by atoms with Gasteiger partial charge in [0.15, 0.2) is 0 Å². The summed E-state index contributed by atoms with van der Waals surface area (Å²) in [7, 11) is 1.39. The Morgan fingerprint density at radius 1 is 1.48 bits per heavy atom. The minimum Gasteiger partial charge on any atom is -0.496 e. The number of likely N-dealkylation sites (tertiary alicyclic amines) is 1. The third-order valence-electron chi connectivity index (χ3n) is 3.43. The number of carbonyl (C=O) groups is 2. The third-order valence-corrected chi connectivity index (χ3v) is 3.43. The van der Waals surface area contributed by atoms with Crippen LogP contribution in [0, 0.1) is 0 Å². The van der Waals surface area contributed by atoms with E-state index in [4.69, 9.17) is 15.6 Å². The highest BCUT2D eigenvalue weighted by molar-refractivity contribution is 5.94. The van der Waals surface area contributed by atoms with Crippen LogP contribution in [0.15, 0.2) is 18.2 Å². The van der Waals surface area contributed by atoms with Crippen LogP contribution in [0.2, 0.25) is 0 Å². The fourth-order valence-corrected chi connectivity index (χ4v) is 2.34. The number of urea groups is 1. The van der Waals surface area contributed by atoms with Crippen molar-refractivity contribution in [3.05, 3.63) is 23.8 Å². The maximum Gasteiger partial charge on any atom is 0.339 e. The van der Waals surface area contributed by atoms with Crippen LogP contribution in [0.25, 0.3) is 0 Å². The van der Waals surface area contributed by atoms with Crippen LogP contribution in [0.3, 0.4) is 0 Å². The minimum absolute atomic E-state index is 0.00780. The molecule has 4 N–H and O–H groups in total. The van der Waals surface area contributed by atoms with E-state index in [2.05, 4.69) is 5.32 Å². The van der Waals surface area contributed by atoms with Gasteiger partial charge >= 0.3 is 12.0 Å². The predicted octanol–water partition coefficient (Wildman–Crippen LogP) is 1.35. The summed E-state index contributed by atoms with van der Waals surface area (Å²) in [4.78, 5) is 24.8. The Hall–Kier alpha value is -2.28. The fourth-order valence-electron chi connectivity index (χ4n) is 2.34. The lowest BCUT2D eigenvalue weighted by Crippen LogP contribution is -2.47. The SMILES string of the molecule is COc1cc(NC(=O)N2CCCC(N)C2)ccc1C(=O)O. The molecule has 1 unspecified atom stereocenters. The molecule has 7 nitrogen and oxygen atoms in total.